The zero-order chi connectivity index (χ0) is 7.33. The van der Waals surface area contributed by atoms with Crippen LogP contribution in [0.5, 0.6) is 0 Å². The van der Waals surface area contributed by atoms with Crippen LogP contribution < -0.4 is 0 Å². The van der Waals surface area contributed by atoms with Crippen molar-refractivity contribution in [2.24, 2.45) is 0 Å². The van der Waals surface area contributed by atoms with Crippen LogP contribution in [0.15, 0.2) is 0 Å². The Morgan fingerprint density at radius 1 is 1.10 bits per heavy atom. The predicted octanol–water partition coefficient (Wildman–Crippen LogP) is -0.975. The lowest BCUT2D eigenvalue weighted by Crippen LogP contribution is -2.11. The lowest BCUT2D eigenvalue weighted by atomic mass is 11.6. The summed E-state index contributed by atoms with van der Waals surface area (Å²) in [5.41, 5.74) is 0. The summed E-state index contributed by atoms with van der Waals surface area (Å²) in [6.07, 6.45) is 0. The first-order valence-electron chi connectivity index (χ1n) is 1.88. The van der Waals surface area contributed by atoms with Gasteiger partial charge in [-0.25, -0.2) is 8.37 Å². The molecule has 3 radical (unpaired) electrons. The fourth-order valence-corrected chi connectivity index (χ4v) is 0.489. The van der Waals surface area contributed by atoms with Crippen LogP contribution in [0.4, 0.5) is 0 Å². The summed E-state index contributed by atoms with van der Waals surface area (Å²) >= 11 is 0. The average Bonchev–Trinajstić information content (AvgIpc) is 1.64. The Hall–Kier alpha value is 0.220. The fourth-order valence-electron chi connectivity index (χ4n) is 0.163. The molecule has 8 heteroatoms. The van der Waals surface area contributed by atoms with Crippen molar-refractivity contribution in [2.45, 2.75) is 0 Å². The van der Waals surface area contributed by atoms with Gasteiger partial charge in [0.05, 0.1) is 0 Å². The average molecular weight is 189 g/mol. The van der Waals surface area contributed by atoms with Crippen LogP contribution in [-0.4, -0.2) is 32.2 Å². The summed E-state index contributed by atoms with van der Waals surface area (Å²) in [6.45, 7) is -2.00. The molecule has 0 aliphatic heterocycles. The zero-order valence-corrected chi connectivity index (χ0v) is 6.51. The molecule has 61 valence electrons. The Kier molecular flexibility index (Phi) is 7.67. The fraction of sp³-hybridized carbons (Fsp3) is 1.00. The topological polar surface area (TPSA) is 93.1 Å². The quantitative estimate of drug-likeness (QED) is 0.436. The molecule has 0 spiro atoms. The molecule has 6 nitrogen and oxygen atoms in total. The molecule has 0 heterocycles. The van der Waals surface area contributed by atoms with Gasteiger partial charge in [0.25, 0.3) is 0 Å². The van der Waals surface area contributed by atoms with Gasteiger partial charge < -0.3 is 10.2 Å². The second-order valence-corrected chi connectivity index (χ2v) is 2.19. The number of rotatable bonds is 4. The molecule has 0 saturated heterocycles. The smallest absolute Gasteiger partial charge is 0.369 e. The predicted molar refractivity (Wildman–Crippen MR) is 32.2 cm³/mol. The first kappa shape index (κ1) is 12.9. The normalized spacial score (nSPS) is 10.6. The molecular weight excluding hydrogens is 183 g/mol. The summed E-state index contributed by atoms with van der Waals surface area (Å²) in [6, 6.07) is 0. The third-order valence-electron chi connectivity index (χ3n) is 0.394. The highest BCUT2D eigenvalue weighted by atomic mass is 32.3. The minimum atomic E-state index is -4.18. The van der Waals surface area contributed by atoms with E-state index in [0.717, 1.165) is 0 Å². The van der Waals surface area contributed by atoms with Crippen molar-refractivity contribution in [1.29, 1.82) is 0 Å². The van der Waals surface area contributed by atoms with Gasteiger partial charge in [-0.2, -0.15) is 8.42 Å². The summed E-state index contributed by atoms with van der Waals surface area (Å²) in [4.78, 5) is 0. The summed E-state index contributed by atoms with van der Waals surface area (Å²) in [7, 11) is -4.18. The molecule has 0 fully saturated rings. The Balaban J connectivity index is 0. The maximum Gasteiger partial charge on any atom is 0.404 e. The molecule has 0 bridgehead atoms. The Morgan fingerprint density at radius 2 is 1.40 bits per heavy atom. The van der Waals surface area contributed by atoms with Crippen molar-refractivity contribution in [3.05, 3.63) is 0 Å². The van der Waals surface area contributed by atoms with E-state index < -0.39 is 24.0 Å². The number of aliphatic hydroxyl groups is 2. The van der Waals surface area contributed by atoms with E-state index in [-0.39, 0.29) is 9.90 Å². The SMILES string of the molecule is O=S(=O)(OCO)OCO.[P]. The molecule has 0 aliphatic carbocycles. The minimum absolute atomic E-state index is 0. The van der Waals surface area contributed by atoms with Crippen molar-refractivity contribution in [3.63, 3.8) is 0 Å². The molecule has 2 N–H and O–H groups in total. The van der Waals surface area contributed by atoms with E-state index in [9.17, 15) is 8.42 Å². The van der Waals surface area contributed by atoms with Crippen LogP contribution in [0.1, 0.15) is 0 Å². The molecule has 0 rings (SSSR count). The van der Waals surface area contributed by atoms with E-state index >= 15 is 0 Å². The molecule has 0 aromatic carbocycles. The van der Waals surface area contributed by atoms with Crippen LogP contribution in [0, 0.1) is 0 Å². The maximum atomic E-state index is 10.1. The minimum Gasteiger partial charge on any atom is -0.369 e. The largest absolute Gasteiger partial charge is 0.404 e. The van der Waals surface area contributed by atoms with Crippen molar-refractivity contribution < 1.29 is 27.0 Å². The first-order chi connectivity index (χ1) is 4.12. The van der Waals surface area contributed by atoms with Gasteiger partial charge in [-0.1, -0.05) is 0 Å². The lowest BCUT2D eigenvalue weighted by molar-refractivity contribution is 0.0477. The highest BCUT2D eigenvalue weighted by Gasteiger charge is 2.08. The molecule has 10 heavy (non-hydrogen) atoms. The van der Waals surface area contributed by atoms with Gasteiger partial charge in [0.15, 0.2) is 13.6 Å². The van der Waals surface area contributed by atoms with E-state index in [2.05, 4.69) is 8.37 Å². The number of hydrogen-bond acceptors (Lipinski definition) is 6. The number of aliphatic hydroxyl groups excluding tert-OH is 2. The van der Waals surface area contributed by atoms with Crippen LogP contribution in [0.25, 0.3) is 0 Å². The van der Waals surface area contributed by atoms with Crippen molar-refractivity contribution in [1.82, 2.24) is 0 Å². The zero-order valence-electron chi connectivity index (χ0n) is 4.80. The maximum absolute atomic E-state index is 10.1. The second kappa shape index (κ2) is 5.96. The monoisotopic (exact) mass is 189 g/mol. The highest BCUT2D eigenvalue weighted by molar-refractivity contribution is 7.81. The standard InChI is InChI=1S/C2H6O6S.P/c3-1-7-9(5,6)8-2-4;/h3-4H,1-2H2;. The lowest BCUT2D eigenvalue weighted by Gasteiger charge is -1.97. The Morgan fingerprint density at radius 3 is 1.60 bits per heavy atom. The number of hydrogen-bond donors (Lipinski definition) is 2. The van der Waals surface area contributed by atoms with E-state index in [1.165, 1.54) is 0 Å². The third kappa shape index (κ3) is 6.34. The Bertz CT molecular complexity index is 139. The Labute approximate surface area is 61.7 Å². The summed E-state index contributed by atoms with van der Waals surface area (Å²) < 4.78 is 27.4. The molecular formula is C2H6O6PS. The van der Waals surface area contributed by atoms with Crippen LogP contribution in [0.3, 0.4) is 0 Å². The molecule has 0 unspecified atom stereocenters. The summed E-state index contributed by atoms with van der Waals surface area (Å²) in [5, 5.41) is 15.7. The molecule has 0 aromatic heterocycles. The van der Waals surface area contributed by atoms with Gasteiger partial charge in [0, 0.05) is 9.90 Å². The summed E-state index contributed by atoms with van der Waals surface area (Å²) in [5.74, 6) is 0. The second-order valence-electron chi connectivity index (χ2n) is 0.902. The van der Waals surface area contributed by atoms with Gasteiger partial charge >= 0.3 is 10.4 Å². The van der Waals surface area contributed by atoms with Crippen molar-refractivity contribution in [2.75, 3.05) is 13.6 Å². The van der Waals surface area contributed by atoms with E-state index in [0.29, 0.717) is 0 Å². The highest BCUT2D eigenvalue weighted by Crippen LogP contribution is 1.91. The molecule has 0 amide bonds. The van der Waals surface area contributed by atoms with E-state index in [4.69, 9.17) is 10.2 Å². The van der Waals surface area contributed by atoms with Gasteiger partial charge in [-0.15, -0.1) is 0 Å². The van der Waals surface area contributed by atoms with Gasteiger partial charge in [0.1, 0.15) is 0 Å². The van der Waals surface area contributed by atoms with E-state index in [1.54, 1.807) is 0 Å². The van der Waals surface area contributed by atoms with Crippen molar-refractivity contribution >= 4 is 20.3 Å². The van der Waals surface area contributed by atoms with Crippen LogP contribution in [-0.2, 0) is 18.8 Å². The van der Waals surface area contributed by atoms with Crippen molar-refractivity contribution in [3.8, 4) is 0 Å². The molecule has 0 aromatic rings. The van der Waals surface area contributed by atoms with E-state index in [1.807, 2.05) is 0 Å². The van der Waals surface area contributed by atoms with Gasteiger partial charge in [0.2, 0.25) is 0 Å². The third-order valence-corrected chi connectivity index (χ3v) is 1.18. The molecule has 0 aliphatic rings. The first-order valence-corrected chi connectivity index (χ1v) is 3.21. The molecule has 0 atom stereocenters. The molecule has 0 saturated carbocycles. The van der Waals surface area contributed by atoms with Gasteiger partial charge in [-0.3, -0.25) is 0 Å². The van der Waals surface area contributed by atoms with Crippen LogP contribution in [0.2, 0.25) is 0 Å². The van der Waals surface area contributed by atoms with Gasteiger partial charge in [-0.05, 0) is 0 Å². The van der Waals surface area contributed by atoms with Crippen LogP contribution >= 0.6 is 9.90 Å².